The van der Waals surface area contributed by atoms with Crippen LogP contribution in [0.2, 0.25) is 0 Å². The van der Waals surface area contributed by atoms with Crippen LogP contribution in [0.4, 0.5) is 11.6 Å². The zero-order valence-electron chi connectivity index (χ0n) is 13.5. The van der Waals surface area contributed by atoms with Gasteiger partial charge in [0.1, 0.15) is 23.8 Å². The quantitative estimate of drug-likeness (QED) is 0.903. The Kier molecular flexibility index (Phi) is 4.24. The predicted octanol–water partition coefficient (Wildman–Crippen LogP) is 0.839. The van der Waals surface area contributed by atoms with Gasteiger partial charge in [-0.25, -0.2) is 15.0 Å². The summed E-state index contributed by atoms with van der Waals surface area (Å²) >= 11 is 0. The molecule has 1 aliphatic heterocycles. The normalized spacial score (nSPS) is 15.2. The van der Waals surface area contributed by atoms with Crippen molar-refractivity contribution in [2.75, 3.05) is 44.4 Å². The van der Waals surface area contributed by atoms with Crippen LogP contribution in [-0.4, -0.2) is 58.7 Å². The molecule has 7 nitrogen and oxygen atoms in total. The standard InChI is InChI=1S/C15H23N7/c1-20(2)15-8-13(18-11-19-15)16-9-12-10-17-14-4-5-21(3)6-7-22(12)14/h8,10-11H,4-7,9H2,1-3H3,(H,16,18,19). The molecule has 0 spiro atoms. The molecule has 3 heterocycles. The van der Waals surface area contributed by atoms with Gasteiger partial charge in [0, 0.05) is 46.2 Å². The minimum Gasteiger partial charge on any atom is -0.364 e. The second-order valence-corrected chi connectivity index (χ2v) is 5.88. The Morgan fingerprint density at radius 3 is 2.86 bits per heavy atom. The lowest BCUT2D eigenvalue weighted by molar-refractivity contribution is 0.340. The molecule has 0 fully saturated rings. The third kappa shape index (κ3) is 3.19. The van der Waals surface area contributed by atoms with E-state index in [-0.39, 0.29) is 0 Å². The first-order chi connectivity index (χ1) is 10.6. The highest BCUT2D eigenvalue weighted by molar-refractivity contribution is 5.47. The van der Waals surface area contributed by atoms with Gasteiger partial charge in [-0.3, -0.25) is 0 Å². The lowest BCUT2D eigenvalue weighted by Crippen LogP contribution is -2.22. The molecule has 0 unspecified atom stereocenters. The van der Waals surface area contributed by atoms with Gasteiger partial charge in [-0.15, -0.1) is 0 Å². The summed E-state index contributed by atoms with van der Waals surface area (Å²) in [5, 5.41) is 3.37. The second-order valence-electron chi connectivity index (χ2n) is 5.88. The summed E-state index contributed by atoms with van der Waals surface area (Å²) in [7, 11) is 6.10. The van der Waals surface area contributed by atoms with Gasteiger partial charge in [0.15, 0.2) is 0 Å². The van der Waals surface area contributed by atoms with E-state index in [9.17, 15) is 0 Å². The van der Waals surface area contributed by atoms with E-state index in [1.54, 1.807) is 6.33 Å². The van der Waals surface area contributed by atoms with Crippen LogP contribution < -0.4 is 10.2 Å². The number of likely N-dealkylation sites (N-methyl/N-ethyl adjacent to an activating group) is 1. The largest absolute Gasteiger partial charge is 0.364 e. The molecule has 0 atom stereocenters. The fourth-order valence-corrected chi connectivity index (χ4v) is 2.61. The van der Waals surface area contributed by atoms with Gasteiger partial charge in [0.2, 0.25) is 0 Å². The van der Waals surface area contributed by atoms with Gasteiger partial charge in [-0.1, -0.05) is 0 Å². The summed E-state index contributed by atoms with van der Waals surface area (Å²) in [6, 6.07) is 1.95. The van der Waals surface area contributed by atoms with E-state index in [0.29, 0.717) is 0 Å². The molecule has 0 saturated heterocycles. The molecular formula is C15H23N7. The monoisotopic (exact) mass is 301 g/mol. The Labute approximate surface area is 131 Å². The highest BCUT2D eigenvalue weighted by Crippen LogP contribution is 2.14. The molecule has 1 N–H and O–H groups in total. The number of nitrogens with one attached hydrogen (secondary N) is 1. The van der Waals surface area contributed by atoms with Crippen LogP contribution >= 0.6 is 0 Å². The Balaban J connectivity index is 1.70. The van der Waals surface area contributed by atoms with Crippen LogP contribution in [0.3, 0.4) is 0 Å². The summed E-state index contributed by atoms with van der Waals surface area (Å²) in [5.74, 6) is 2.91. The average molecular weight is 301 g/mol. The van der Waals surface area contributed by atoms with E-state index in [0.717, 1.165) is 44.2 Å². The summed E-state index contributed by atoms with van der Waals surface area (Å²) in [6.45, 7) is 3.85. The fourth-order valence-electron chi connectivity index (χ4n) is 2.61. The molecule has 0 saturated carbocycles. The number of rotatable bonds is 4. The van der Waals surface area contributed by atoms with Crippen molar-refractivity contribution in [3.63, 3.8) is 0 Å². The maximum atomic E-state index is 4.56. The molecule has 118 valence electrons. The van der Waals surface area contributed by atoms with E-state index < -0.39 is 0 Å². The summed E-state index contributed by atoms with van der Waals surface area (Å²) < 4.78 is 2.32. The van der Waals surface area contributed by atoms with Crippen LogP contribution in [0.15, 0.2) is 18.6 Å². The number of fused-ring (bicyclic) bond motifs is 1. The molecule has 22 heavy (non-hydrogen) atoms. The van der Waals surface area contributed by atoms with Crippen LogP contribution in [0, 0.1) is 0 Å². The molecule has 7 heteroatoms. The smallest absolute Gasteiger partial charge is 0.133 e. The topological polar surface area (TPSA) is 62.1 Å². The van der Waals surface area contributed by atoms with Crippen LogP contribution in [0.1, 0.15) is 11.5 Å². The van der Waals surface area contributed by atoms with Crippen molar-refractivity contribution in [2.45, 2.75) is 19.5 Å². The molecule has 0 radical (unpaired) electrons. The predicted molar refractivity (Wildman–Crippen MR) is 87.1 cm³/mol. The Hall–Kier alpha value is -2.15. The third-order valence-electron chi connectivity index (χ3n) is 4.00. The molecule has 2 aromatic heterocycles. The summed E-state index contributed by atoms with van der Waals surface area (Å²) in [6.07, 6.45) is 4.57. The van der Waals surface area contributed by atoms with Gasteiger partial charge in [-0.2, -0.15) is 0 Å². The molecule has 3 rings (SSSR count). The molecule has 1 aliphatic rings. The maximum absolute atomic E-state index is 4.56. The third-order valence-corrected chi connectivity index (χ3v) is 4.00. The summed E-state index contributed by atoms with van der Waals surface area (Å²) in [5.41, 5.74) is 1.20. The SMILES string of the molecule is CN1CCc2ncc(CNc3cc(N(C)C)ncn3)n2CC1. The van der Waals surface area contributed by atoms with Crippen molar-refractivity contribution < 1.29 is 0 Å². The number of aromatic nitrogens is 4. The van der Waals surface area contributed by atoms with Crippen molar-refractivity contribution in [3.8, 4) is 0 Å². The lowest BCUT2D eigenvalue weighted by Gasteiger charge is -2.14. The Bertz CT molecular complexity index is 635. The van der Waals surface area contributed by atoms with Crippen molar-refractivity contribution in [1.82, 2.24) is 24.4 Å². The van der Waals surface area contributed by atoms with Gasteiger partial charge in [-0.05, 0) is 7.05 Å². The molecule has 2 aromatic rings. The van der Waals surface area contributed by atoms with E-state index in [2.05, 4.69) is 36.8 Å². The first kappa shape index (κ1) is 14.8. The number of hydrogen-bond donors (Lipinski definition) is 1. The van der Waals surface area contributed by atoms with Crippen molar-refractivity contribution in [2.24, 2.45) is 0 Å². The van der Waals surface area contributed by atoms with Gasteiger partial charge >= 0.3 is 0 Å². The Morgan fingerprint density at radius 2 is 2.05 bits per heavy atom. The van der Waals surface area contributed by atoms with Crippen molar-refractivity contribution >= 4 is 11.6 Å². The van der Waals surface area contributed by atoms with Crippen LogP contribution in [-0.2, 0) is 19.5 Å². The van der Waals surface area contributed by atoms with Crippen LogP contribution in [0.5, 0.6) is 0 Å². The van der Waals surface area contributed by atoms with E-state index >= 15 is 0 Å². The zero-order valence-corrected chi connectivity index (χ0v) is 13.5. The number of hydrogen-bond acceptors (Lipinski definition) is 6. The van der Waals surface area contributed by atoms with Gasteiger partial charge < -0.3 is 19.7 Å². The van der Waals surface area contributed by atoms with Crippen LogP contribution in [0.25, 0.3) is 0 Å². The number of anilines is 2. The number of nitrogens with zero attached hydrogens (tertiary/aromatic N) is 6. The molecule has 0 amide bonds. The minimum atomic E-state index is 0.723. The number of imidazole rings is 1. The fraction of sp³-hybridized carbons (Fsp3) is 0.533. The average Bonchev–Trinajstić information content (AvgIpc) is 2.81. The molecular weight excluding hydrogens is 278 g/mol. The van der Waals surface area contributed by atoms with Gasteiger partial charge in [0.05, 0.1) is 18.4 Å². The van der Waals surface area contributed by atoms with Crippen molar-refractivity contribution in [1.29, 1.82) is 0 Å². The van der Waals surface area contributed by atoms with Gasteiger partial charge in [0.25, 0.3) is 0 Å². The lowest BCUT2D eigenvalue weighted by atomic mass is 10.4. The molecule has 0 aliphatic carbocycles. The zero-order chi connectivity index (χ0) is 15.5. The highest BCUT2D eigenvalue weighted by Gasteiger charge is 2.15. The van der Waals surface area contributed by atoms with E-state index in [1.807, 2.05) is 31.3 Å². The van der Waals surface area contributed by atoms with E-state index in [4.69, 9.17) is 0 Å². The van der Waals surface area contributed by atoms with Crippen molar-refractivity contribution in [3.05, 3.63) is 30.1 Å². The molecule has 0 bridgehead atoms. The highest BCUT2D eigenvalue weighted by atomic mass is 15.2. The summed E-state index contributed by atoms with van der Waals surface area (Å²) in [4.78, 5) is 17.4. The first-order valence-electron chi connectivity index (χ1n) is 7.58. The molecule has 0 aromatic carbocycles. The first-order valence-corrected chi connectivity index (χ1v) is 7.58. The maximum Gasteiger partial charge on any atom is 0.133 e. The Morgan fingerprint density at radius 1 is 1.18 bits per heavy atom. The second kappa shape index (κ2) is 6.31. The van der Waals surface area contributed by atoms with E-state index in [1.165, 1.54) is 11.5 Å². The minimum absolute atomic E-state index is 0.723.